The predicted octanol–water partition coefficient (Wildman–Crippen LogP) is 1.54. The standard InChI is InChI=1S/C8H16N2/c1-3-8(2)7-10-6-4-5-9/h8,10H,3-4,6-7H2,1-2H3. The fourth-order valence-corrected chi connectivity index (χ4v) is 0.637. The Morgan fingerprint density at radius 3 is 2.80 bits per heavy atom. The lowest BCUT2D eigenvalue weighted by Gasteiger charge is -2.07. The number of nitrogens with one attached hydrogen (secondary N) is 1. The molecule has 0 fully saturated rings. The average Bonchev–Trinajstić information content (AvgIpc) is 1.98. The summed E-state index contributed by atoms with van der Waals surface area (Å²) in [7, 11) is 0. The van der Waals surface area contributed by atoms with Gasteiger partial charge in [-0.2, -0.15) is 5.26 Å². The molecule has 0 bridgehead atoms. The van der Waals surface area contributed by atoms with E-state index in [-0.39, 0.29) is 0 Å². The molecule has 0 saturated heterocycles. The monoisotopic (exact) mass is 140 g/mol. The van der Waals surface area contributed by atoms with Crippen molar-refractivity contribution >= 4 is 0 Å². The van der Waals surface area contributed by atoms with E-state index in [1.165, 1.54) is 6.42 Å². The van der Waals surface area contributed by atoms with E-state index in [2.05, 4.69) is 25.2 Å². The molecule has 1 unspecified atom stereocenters. The summed E-state index contributed by atoms with van der Waals surface area (Å²) in [4.78, 5) is 0. The summed E-state index contributed by atoms with van der Waals surface area (Å²) >= 11 is 0. The normalized spacial score (nSPS) is 12.5. The summed E-state index contributed by atoms with van der Waals surface area (Å²) in [6.07, 6.45) is 1.83. The Kier molecular flexibility index (Phi) is 6.21. The predicted molar refractivity (Wildman–Crippen MR) is 42.6 cm³/mol. The van der Waals surface area contributed by atoms with Gasteiger partial charge in [0.1, 0.15) is 0 Å². The van der Waals surface area contributed by atoms with E-state index < -0.39 is 0 Å². The average molecular weight is 140 g/mol. The lowest BCUT2D eigenvalue weighted by atomic mass is 10.1. The summed E-state index contributed by atoms with van der Waals surface area (Å²) in [5.74, 6) is 0.735. The second-order valence-corrected chi connectivity index (χ2v) is 2.63. The van der Waals surface area contributed by atoms with Crippen molar-refractivity contribution in [1.82, 2.24) is 5.32 Å². The van der Waals surface area contributed by atoms with Gasteiger partial charge in [-0.15, -0.1) is 0 Å². The maximum Gasteiger partial charge on any atom is 0.0635 e. The van der Waals surface area contributed by atoms with Crippen molar-refractivity contribution in [1.29, 1.82) is 5.26 Å². The summed E-state index contributed by atoms with van der Waals surface area (Å²) in [5.41, 5.74) is 0. The molecule has 0 aliphatic heterocycles. The molecule has 2 nitrogen and oxygen atoms in total. The van der Waals surface area contributed by atoms with Crippen LogP contribution in [0.3, 0.4) is 0 Å². The first-order chi connectivity index (χ1) is 4.81. The first kappa shape index (κ1) is 9.45. The molecule has 0 saturated carbocycles. The van der Waals surface area contributed by atoms with Gasteiger partial charge in [0.05, 0.1) is 6.07 Å². The zero-order valence-electron chi connectivity index (χ0n) is 6.85. The highest BCUT2D eigenvalue weighted by atomic mass is 14.8. The van der Waals surface area contributed by atoms with Gasteiger partial charge in [0.2, 0.25) is 0 Å². The summed E-state index contributed by atoms with van der Waals surface area (Å²) in [6, 6.07) is 2.10. The van der Waals surface area contributed by atoms with E-state index in [1.807, 2.05) is 0 Å². The van der Waals surface area contributed by atoms with E-state index >= 15 is 0 Å². The molecule has 0 aromatic heterocycles. The quantitative estimate of drug-likeness (QED) is 0.588. The Bertz CT molecular complexity index is 104. The van der Waals surface area contributed by atoms with Crippen LogP contribution in [0.15, 0.2) is 0 Å². The van der Waals surface area contributed by atoms with Crippen LogP contribution in [-0.4, -0.2) is 13.1 Å². The maximum absolute atomic E-state index is 8.20. The Labute approximate surface area is 63.2 Å². The van der Waals surface area contributed by atoms with Crippen LogP contribution in [0.4, 0.5) is 0 Å². The third kappa shape index (κ3) is 5.58. The molecule has 0 rings (SSSR count). The minimum absolute atomic E-state index is 0.621. The molecule has 10 heavy (non-hydrogen) atoms. The van der Waals surface area contributed by atoms with E-state index in [0.29, 0.717) is 6.42 Å². The van der Waals surface area contributed by atoms with E-state index in [9.17, 15) is 0 Å². The van der Waals surface area contributed by atoms with Crippen LogP contribution in [0.2, 0.25) is 0 Å². The molecule has 2 heteroatoms. The Morgan fingerprint density at radius 1 is 1.60 bits per heavy atom. The topological polar surface area (TPSA) is 35.8 Å². The van der Waals surface area contributed by atoms with Gasteiger partial charge >= 0.3 is 0 Å². The molecule has 0 aromatic carbocycles. The number of hydrogen-bond acceptors (Lipinski definition) is 2. The second kappa shape index (κ2) is 6.57. The summed E-state index contributed by atoms with van der Waals surface area (Å²) in [6.45, 7) is 6.26. The zero-order valence-corrected chi connectivity index (χ0v) is 6.85. The van der Waals surface area contributed by atoms with Gasteiger partial charge in [0, 0.05) is 13.0 Å². The molecular weight excluding hydrogens is 124 g/mol. The fourth-order valence-electron chi connectivity index (χ4n) is 0.637. The van der Waals surface area contributed by atoms with Crippen LogP contribution in [-0.2, 0) is 0 Å². The zero-order chi connectivity index (χ0) is 7.82. The van der Waals surface area contributed by atoms with Crippen LogP contribution in [0.1, 0.15) is 26.7 Å². The van der Waals surface area contributed by atoms with Crippen LogP contribution in [0.25, 0.3) is 0 Å². The molecule has 0 aliphatic rings. The lowest BCUT2D eigenvalue weighted by molar-refractivity contribution is 0.504. The van der Waals surface area contributed by atoms with Gasteiger partial charge in [-0.3, -0.25) is 0 Å². The van der Waals surface area contributed by atoms with E-state index in [0.717, 1.165) is 19.0 Å². The SMILES string of the molecule is CCC(C)CNCCC#N. The molecule has 1 atom stereocenters. The van der Waals surface area contributed by atoms with Crippen LogP contribution >= 0.6 is 0 Å². The third-order valence-corrected chi connectivity index (χ3v) is 1.60. The highest BCUT2D eigenvalue weighted by Gasteiger charge is 1.95. The first-order valence-electron chi connectivity index (χ1n) is 3.89. The molecule has 0 heterocycles. The van der Waals surface area contributed by atoms with Crippen molar-refractivity contribution in [2.75, 3.05) is 13.1 Å². The van der Waals surface area contributed by atoms with Crippen molar-refractivity contribution in [3.63, 3.8) is 0 Å². The molecule has 0 spiro atoms. The molecule has 1 N–H and O–H groups in total. The van der Waals surface area contributed by atoms with Crippen molar-refractivity contribution in [2.24, 2.45) is 5.92 Å². The molecular formula is C8H16N2. The number of nitrogens with zero attached hydrogens (tertiary/aromatic N) is 1. The summed E-state index contributed by atoms with van der Waals surface area (Å²) in [5, 5.41) is 11.4. The van der Waals surface area contributed by atoms with E-state index in [1.54, 1.807) is 0 Å². The van der Waals surface area contributed by atoms with Gasteiger partial charge < -0.3 is 5.32 Å². The lowest BCUT2D eigenvalue weighted by Crippen LogP contribution is -2.21. The van der Waals surface area contributed by atoms with Crippen molar-refractivity contribution in [2.45, 2.75) is 26.7 Å². The molecule has 0 amide bonds. The molecule has 58 valence electrons. The smallest absolute Gasteiger partial charge is 0.0635 e. The van der Waals surface area contributed by atoms with Crippen molar-refractivity contribution in [3.8, 4) is 6.07 Å². The minimum Gasteiger partial charge on any atom is -0.315 e. The Morgan fingerprint density at radius 2 is 2.30 bits per heavy atom. The Hall–Kier alpha value is -0.550. The number of hydrogen-bond donors (Lipinski definition) is 1. The van der Waals surface area contributed by atoms with Crippen molar-refractivity contribution in [3.05, 3.63) is 0 Å². The molecule has 0 radical (unpaired) electrons. The van der Waals surface area contributed by atoms with Gasteiger partial charge in [0.25, 0.3) is 0 Å². The van der Waals surface area contributed by atoms with Gasteiger partial charge in [-0.25, -0.2) is 0 Å². The fraction of sp³-hybridized carbons (Fsp3) is 0.875. The van der Waals surface area contributed by atoms with Crippen molar-refractivity contribution < 1.29 is 0 Å². The van der Waals surface area contributed by atoms with E-state index in [4.69, 9.17) is 5.26 Å². The van der Waals surface area contributed by atoms with Crippen LogP contribution in [0.5, 0.6) is 0 Å². The largest absolute Gasteiger partial charge is 0.315 e. The van der Waals surface area contributed by atoms with Crippen LogP contribution < -0.4 is 5.32 Å². The highest BCUT2D eigenvalue weighted by molar-refractivity contribution is 4.70. The maximum atomic E-state index is 8.20. The van der Waals surface area contributed by atoms with Gasteiger partial charge in [0.15, 0.2) is 0 Å². The third-order valence-electron chi connectivity index (χ3n) is 1.60. The highest BCUT2D eigenvalue weighted by Crippen LogP contribution is 1.96. The number of nitriles is 1. The van der Waals surface area contributed by atoms with Gasteiger partial charge in [-0.05, 0) is 12.5 Å². The molecule has 0 aromatic rings. The second-order valence-electron chi connectivity index (χ2n) is 2.63. The number of rotatable bonds is 5. The van der Waals surface area contributed by atoms with Gasteiger partial charge in [-0.1, -0.05) is 20.3 Å². The van der Waals surface area contributed by atoms with Crippen LogP contribution in [0, 0.1) is 17.2 Å². The minimum atomic E-state index is 0.621. The summed E-state index contributed by atoms with van der Waals surface area (Å²) < 4.78 is 0. The Balaban J connectivity index is 2.98. The first-order valence-corrected chi connectivity index (χ1v) is 3.89. The molecule has 0 aliphatic carbocycles.